The molecule has 0 radical (unpaired) electrons. The number of alkyl halides is 3. The average Bonchev–Trinajstić information content (AvgIpc) is 3.29. The Hall–Kier alpha value is -3.68. The standard InChI is InChI=1S/C24H16F4N2O2/c25-18-11-5-15(6-12-18)21(31)29-13-14-30-22(32)19-3-1-2-4-20(19)23(29,30)16-7-9-17(10-8-16)24(26,27)28/h1-12H,13-14H2. The smallest absolute Gasteiger partial charge is 0.306 e. The van der Waals surface area contributed by atoms with E-state index in [1.165, 1.54) is 46.2 Å². The van der Waals surface area contributed by atoms with Crippen LogP contribution in [-0.4, -0.2) is 34.7 Å². The second-order valence-electron chi connectivity index (χ2n) is 7.71. The largest absolute Gasteiger partial charge is 0.416 e. The van der Waals surface area contributed by atoms with Gasteiger partial charge in [0.1, 0.15) is 5.82 Å². The highest BCUT2D eigenvalue weighted by atomic mass is 19.4. The van der Waals surface area contributed by atoms with Gasteiger partial charge in [0.2, 0.25) is 0 Å². The van der Waals surface area contributed by atoms with E-state index in [2.05, 4.69) is 0 Å². The van der Waals surface area contributed by atoms with Gasteiger partial charge in [-0.3, -0.25) is 9.59 Å². The second-order valence-corrected chi connectivity index (χ2v) is 7.71. The fourth-order valence-corrected chi connectivity index (χ4v) is 4.68. The van der Waals surface area contributed by atoms with Crippen LogP contribution in [0.5, 0.6) is 0 Å². The lowest BCUT2D eigenvalue weighted by Crippen LogP contribution is -2.51. The van der Waals surface area contributed by atoms with Gasteiger partial charge in [-0.05, 0) is 42.5 Å². The van der Waals surface area contributed by atoms with E-state index in [4.69, 9.17) is 0 Å². The van der Waals surface area contributed by atoms with E-state index in [9.17, 15) is 27.2 Å². The number of carbonyl (C=O) groups is 2. The van der Waals surface area contributed by atoms with E-state index in [-0.39, 0.29) is 24.6 Å². The van der Waals surface area contributed by atoms with Crippen LogP contribution in [-0.2, 0) is 11.8 Å². The van der Waals surface area contributed by atoms with Crippen molar-refractivity contribution in [3.05, 3.63) is 106 Å². The molecule has 3 aromatic rings. The number of benzene rings is 3. The molecule has 2 aliphatic rings. The number of hydrogen-bond acceptors (Lipinski definition) is 2. The van der Waals surface area contributed by atoms with Gasteiger partial charge >= 0.3 is 6.18 Å². The van der Waals surface area contributed by atoms with Crippen LogP contribution in [0, 0.1) is 5.82 Å². The van der Waals surface area contributed by atoms with Crippen molar-refractivity contribution in [2.75, 3.05) is 13.1 Å². The van der Waals surface area contributed by atoms with Crippen LogP contribution in [0.3, 0.4) is 0 Å². The van der Waals surface area contributed by atoms with Crippen molar-refractivity contribution in [3.8, 4) is 0 Å². The third-order valence-electron chi connectivity index (χ3n) is 6.06. The van der Waals surface area contributed by atoms with Crippen molar-refractivity contribution in [1.82, 2.24) is 9.80 Å². The van der Waals surface area contributed by atoms with Crippen molar-refractivity contribution >= 4 is 11.8 Å². The monoisotopic (exact) mass is 440 g/mol. The number of hydrogen-bond donors (Lipinski definition) is 0. The molecular weight excluding hydrogens is 424 g/mol. The zero-order chi connectivity index (χ0) is 22.7. The molecule has 2 aliphatic heterocycles. The zero-order valence-electron chi connectivity index (χ0n) is 16.6. The third-order valence-corrected chi connectivity index (χ3v) is 6.06. The number of nitrogens with zero attached hydrogens (tertiary/aromatic N) is 2. The molecule has 1 saturated heterocycles. The molecule has 1 atom stereocenters. The van der Waals surface area contributed by atoms with Crippen molar-refractivity contribution in [2.24, 2.45) is 0 Å². The fourth-order valence-electron chi connectivity index (χ4n) is 4.68. The van der Waals surface area contributed by atoms with Gasteiger partial charge in [-0.2, -0.15) is 13.2 Å². The molecule has 5 rings (SSSR count). The molecule has 0 aromatic heterocycles. The second kappa shape index (κ2) is 6.91. The molecule has 2 heterocycles. The summed E-state index contributed by atoms with van der Waals surface area (Å²) in [6.07, 6.45) is -4.52. The molecule has 0 spiro atoms. The Morgan fingerprint density at radius 2 is 1.53 bits per heavy atom. The van der Waals surface area contributed by atoms with Gasteiger partial charge in [0.05, 0.1) is 5.56 Å². The quantitative estimate of drug-likeness (QED) is 0.544. The van der Waals surface area contributed by atoms with Gasteiger partial charge in [-0.1, -0.05) is 30.3 Å². The van der Waals surface area contributed by atoms with Gasteiger partial charge in [0.25, 0.3) is 11.8 Å². The SMILES string of the molecule is O=C(c1ccc(F)cc1)N1CCN2C(=O)c3ccccc3C12c1ccc(C(F)(F)F)cc1. The van der Waals surface area contributed by atoms with E-state index in [0.717, 1.165) is 12.1 Å². The Labute approximate surface area is 180 Å². The Bertz CT molecular complexity index is 1220. The Balaban J connectivity index is 1.71. The lowest BCUT2D eigenvalue weighted by atomic mass is 9.89. The number of rotatable bonds is 2. The minimum atomic E-state index is -4.52. The van der Waals surface area contributed by atoms with Gasteiger partial charge in [-0.15, -0.1) is 0 Å². The number of carbonyl (C=O) groups excluding carboxylic acids is 2. The molecular formula is C24H16F4N2O2. The lowest BCUT2D eigenvalue weighted by molar-refractivity contribution is -0.137. The van der Waals surface area contributed by atoms with E-state index < -0.39 is 29.1 Å². The van der Waals surface area contributed by atoms with Gasteiger partial charge in [0.15, 0.2) is 5.66 Å². The van der Waals surface area contributed by atoms with E-state index in [0.29, 0.717) is 16.7 Å². The van der Waals surface area contributed by atoms with Crippen molar-refractivity contribution in [3.63, 3.8) is 0 Å². The average molecular weight is 440 g/mol. The van der Waals surface area contributed by atoms with Gasteiger partial charge < -0.3 is 9.80 Å². The molecule has 162 valence electrons. The Kier molecular flexibility index (Phi) is 4.37. The van der Waals surface area contributed by atoms with E-state index in [1.807, 2.05) is 0 Å². The summed E-state index contributed by atoms with van der Waals surface area (Å²) in [5.41, 5.74) is -0.699. The Morgan fingerprint density at radius 1 is 0.875 bits per heavy atom. The van der Waals surface area contributed by atoms with Crippen molar-refractivity contribution in [2.45, 2.75) is 11.8 Å². The molecule has 0 bridgehead atoms. The summed E-state index contributed by atoms with van der Waals surface area (Å²) in [4.78, 5) is 29.7. The van der Waals surface area contributed by atoms with E-state index in [1.54, 1.807) is 24.3 Å². The van der Waals surface area contributed by atoms with Crippen LogP contribution in [0.4, 0.5) is 17.6 Å². The first-order valence-corrected chi connectivity index (χ1v) is 9.91. The highest BCUT2D eigenvalue weighted by molar-refractivity contribution is 6.03. The topological polar surface area (TPSA) is 40.6 Å². The van der Waals surface area contributed by atoms with Crippen LogP contribution >= 0.6 is 0 Å². The van der Waals surface area contributed by atoms with Gasteiger partial charge in [-0.25, -0.2) is 4.39 Å². The molecule has 8 heteroatoms. The summed E-state index contributed by atoms with van der Waals surface area (Å²) in [7, 11) is 0. The fraction of sp³-hybridized carbons (Fsp3) is 0.167. The summed E-state index contributed by atoms with van der Waals surface area (Å²) in [5, 5.41) is 0. The van der Waals surface area contributed by atoms with Crippen LogP contribution in [0.15, 0.2) is 72.8 Å². The number of fused-ring (bicyclic) bond motifs is 3. The maximum Gasteiger partial charge on any atom is 0.416 e. The maximum atomic E-state index is 13.5. The predicted octanol–water partition coefficient (Wildman–Crippen LogP) is 4.66. The maximum absolute atomic E-state index is 13.5. The molecule has 3 aromatic carbocycles. The molecule has 1 unspecified atom stereocenters. The minimum Gasteiger partial charge on any atom is -0.306 e. The summed E-state index contributed by atoms with van der Waals surface area (Å²) in [5.74, 6) is -1.24. The van der Waals surface area contributed by atoms with E-state index >= 15 is 0 Å². The Morgan fingerprint density at radius 3 is 2.19 bits per heavy atom. The minimum absolute atomic E-state index is 0.178. The first-order valence-electron chi connectivity index (χ1n) is 9.91. The first-order chi connectivity index (χ1) is 15.2. The summed E-state index contributed by atoms with van der Waals surface area (Å²) in [6, 6.07) is 16.3. The molecule has 4 nitrogen and oxygen atoms in total. The van der Waals surface area contributed by atoms with Crippen molar-refractivity contribution < 1.29 is 27.2 Å². The van der Waals surface area contributed by atoms with Crippen LogP contribution in [0.1, 0.15) is 37.4 Å². The molecule has 0 aliphatic carbocycles. The van der Waals surface area contributed by atoms with Gasteiger partial charge in [0, 0.05) is 35.3 Å². The predicted molar refractivity (Wildman–Crippen MR) is 107 cm³/mol. The number of halogens is 4. The highest BCUT2D eigenvalue weighted by Crippen LogP contribution is 2.50. The molecule has 0 saturated carbocycles. The zero-order valence-corrected chi connectivity index (χ0v) is 16.6. The summed E-state index contributed by atoms with van der Waals surface area (Å²) >= 11 is 0. The molecule has 1 fully saturated rings. The van der Waals surface area contributed by atoms with Crippen LogP contribution in [0.2, 0.25) is 0 Å². The van der Waals surface area contributed by atoms with Crippen LogP contribution in [0.25, 0.3) is 0 Å². The molecule has 2 amide bonds. The van der Waals surface area contributed by atoms with Crippen LogP contribution < -0.4 is 0 Å². The molecule has 0 N–H and O–H groups in total. The first kappa shape index (κ1) is 20.2. The summed E-state index contributed by atoms with van der Waals surface area (Å²) < 4.78 is 52.9. The van der Waals surface area contributed by atoms with Crippen molar-refractivity contribution in [1.29, 1.82) is 0 Å². The highest BCUT2D eigenvalue weighted by Gasteiger charge is 2.59. The summed E-state index contributed by atoms with van der Waals surface area (Å²) in [6.45, 7) is 0.388. The number of amides is 2. The third kappa shape index (κ3) is 2.75. The lowest BCUT2D eigenvalue weighted by Gasteiger charge is -2.40. The normalized spacial score (nSPS) is 19.8. The molecule has 32 heavy (non-hydrogen) atoms.